The van der Waals surface area contributed by atoms with Gasteiger partial charge in [0.25, 0.3) is 5.91 Å². The van der Waals surface area contributed by atoms with Gasteiger partial charge < -0.3 is 10.1 Å². The van der Waals surface area contributed by atoms with Gasteiger partial charge in [0, 0.05) is 15.9 Å². The Morgan fingerprint density at radius 2 is 2.28 bits per heavy atom. The molecular formula is C11H10ClNO3S2. The topological polar surface area (TPSA) is 55.4 Å². The fourth-order valence-electron chi connectivity index (χ4n) is 1.36. The summed E-state index contributed by atoms with van der Waals surface area (Å²) in [6.45, 7) is 0.0542. The van der Waals surface area contributed by atoms with Gasteiger partial charge in [-0.15, -0.1) is 34.3 Å². The number of esters is 1. The van der Waals surface area contributed by atoms with E-state index in [0.29, 0.717) is 4.88 Å². The molecule has 2 rings (SSSR count). The molecular weight excluding hydrogens is 294 g/mol. The zero-order valence-electron chi connectivity index (χ0n) is 9.44. The summed E-state index contributed by atoms with van der Waals surface area (Å²) in [7, 11) is 1.26. The second-order valence-corrected chi connectivity index (χ2v) is 6.02. The number of nitrogens with one attached hydrogen (secondary N) is 1. The number of carbonyl (C=O) groups is 2. The van der Waals surface area contributed by atoms with Crippen molar-refractivity contribution in [1.82, 2.24) is 5.32 Å². The van der Waals surface area contributed by atoms with E-state index in [-0.39, 0.29) is 12.5 Å². The highest BCUT2D eigenvalue weighted by Gasteiger charge is 2.18. The molecule has 96 valence electrons. The Kier molecular flexibility index (Phi) is 4.21. The zero-order valence-corrected chi connectivity index (χ0v) is 11.8. The maximum absolute atomic E-state index is 11.8. The number of thiophene rings is 2. The molecule has 0 aliphatic rings. The average Bonchev–Trinajstić information content (AvgIpc) is 2.94. The summed E-state index contributed by atoms with van der Waals surface area (Å²) in [4.78, 5) is 23.5. The lowest BCUT2D eigenvalue weighted by Crippen LogP contribution is -2.33. The number of fused-ring (bicyclic) bond motifs is 1. The molecule has 0 radical (unpaired) electrons. The van der Waals surface area contributed by atoms with Gasteiger partial charge in [0.15, 0.2) is 0 Å². The van der Waals surface area contributed by atoms with Crippen LogP contribution in [0.5, 0.6) is 0 Å². The Morgan fingerprint density at radius 1 is 1.50 bits per heavy atom. The average molecular weight is 304 g/mol. The van der Waals surface area contributed by atoms with E-state index in [9.17, 15) is 9.59 Å². The van der Waals surface area contributed by atoms with Crippen molar-refractivity contribution in [2.75, 3.05) is 13.7 Å². The molecule has 0 spiro atoms. The Morgan fingerprint density at radius 3 is 2.94 bits per heavy atom. The molecule has 18 heavy (non-hydrogen) atoms. The molecule has 1 N–H and O–H groups in total. The Labute approximate surface area is 117 Å². The molecule has 0 bridgehead atoms. The molecule has 4 nitrogen and oxygen atoms in total. The van der Waals surface area contributed by atoms with Crippen LogP contribution in [0.15, 0.2) is 17.5 Å². The van der Waals surface area contributed by atoms with Gasteiger partial charge in [-0.1, -0.05) is 0 Å². The summed E-state index contributed by atoms with van der Waals surface area (Å²) < 4.78 is 6.64. The van der Waals surface area contributed by atoms with Crippen molar-refractivity contribution >= 4 is 55.6 Å². The third kappa shape index (κ3) is 2.82. The van der Waals surface area contributed by atoms with Gasteiger partial charge >= 0.3 is 5.97 Å². The number of amides is 1. The first-order valence-corrected chi connectivity index (χ1v) is 7.22. The van der Waals surface area contributed by atoms with Gasteiger partial charge in [-0.05, 0) is 17.5 Å². The lowest BCUT2D eigenvalue weighted by Gasteiger charge is -2.07. The minimum absolute atomic E-state index is 0.0542. The molecule has 0 aromatic carbocycles. The van der Waals surface area contributed by atoms with E-state index in [1.54, 1.807) is 11.3 Å². The van der Waals surface area contributed by atoms with Gasteiger partial charge in [-0.2, -0.15) is 0 Å². The van der Waals surface area contributed by atoms with Gasteiger partial charge in [-0.25, -0.2) is 0 Å². The first-order chi connectivity index (χ1) is 8.61. The third-order valence-corrected chi connectivity index (χ3v) is 4.69. The summed E-state index contributed by atoms with van der Waals surface area (Å²) in [5.41, 5.74) is 0. The molecule has 1 atom stereocenters. The molecule has 1 unspecified atom stereocenters. The minimum atomic E-state index is -0.861. The Bertz CT molecular complexity index is 549. The number of methoxy groups -OCH3 is 1. The number of hydrogen-bond donors (Lipinski definition) is 1. The molecule has 1 amide bonds. The number of carbonyl (C=O) groups excluding carboxylic acids is 2. The molecule has 0 aliphatic carbocycles. The van der Waals surface area contributed by atoms with Crippen molar-refractivity contribution in [1.29, 1.82) is 0 Å². The van der Waals surface area contributed by atoms with Crippen molar-refractivity contribution in [3.8, 4) is 0 Å². The molecule has 7 heteroatoms. The quantitative estimate of drug-likeness (QED) is 0.697. The molecule has 2 aromatic heterocycles. The number of alkyl halides is 1. The smallest absolute Gasteiger partial charge is 0.325 e. The maximum atomic E-state index is 11.8. The summed E-state index contributed by atoms with van der Waals surface area (Å²) >= 11 is 8.74. The Hall–Kier alpha value is -1.11. The fourth-order valence-corrected chi connectivity index (χ4v) is 3.55. The van der Waals surface area contributed by atoms with Gasteiger partial charge in [-0.3, -0.25) is 9.59 Å². The van der Waals surface area contributed by atoms with Gasteiger partial charge in [0.05, 0.1) is 12.0 Å². The number of rotatable bonds is 4. The van der Waals surface area contributed by atoms with Crippen molar-refractivity contribution in [2.45, 2.75) is 5.38 Å². The van der Waals surface area contributed by atoms with Crippen LogP contribution in [0.4, 0.5) is 0 Å². The van der Waals surface area contributed by atoms with Crippen LogP contribution in [0.2, 0.25) is 0 Å². The van der Waals surface area contributed by atoms with Crippen LogP contribution in [0, 0.1) is 0 Å². The summed E-state index contributed by atoms with van der Waals surface area (Å²) in [6, 6.07) is 3.81. The lowest BCUT2D eigenvalue weighted by atomic mass is 10.4. The number of hydrogen-bond acceptors (Lipinski definition) is 5. The number of ether oxygens (including phenoxy) is 1. The van der Waals surface area contributed by atoms with Crippen molar-refractivity contribution in [3.63, 3.8) is 0 Å². The molecule has 2 aromatic rings. The highest BCUT2D eigenvalue weighted by Crippen LogP contribution is 2.29. The molecule has 0 saturated carbocycles. The highest BCUT2D eigenvalue weighted by atomic mass is 35.5. The second kappa shape index (κ2) is 5.69. The van der Waals surface area contributed by atoms with Crippen LogP contribution < -0.4 is 5.32 Å². The fraction of sp³-hybridized carbons (Fsp3) is 0.273. The van der Waals surface area contributed by atoms with E-state index >= 15 is 0 Å². The predicted octanol–water partition coefficient (Wildman–Crippen LogP) is 2.47. The van der Waals surface area contributed by atoms with E-state index < -0.39 is 11.3 Å². The van der Waals surface area contributed by atoms with Crippen molar-refractivity contribution < 1.29 is 14.3 Å². The van der Waals surface area contributed by atoms with Crippen LogP contribution in [-0.4, -0.2) is 30.9 Å². The van der Waals surface area contributed by atoms with E-state index in [1.807, 2.05) is 17.5 Å². The second-order valence-electron chi connectivity index (χ2n) is 3.46. The predicted molar refractivity (Wildman–Crippen MR) is 73.7 cm³/mol. The monoisotopic (exact) mass is 303 g/mol. The van der Waals surface area contributed by atoms with E-state index in [2.05, 4.69) is 10.1 Å². The van der Waals surface area contributed by atoms with Crippen molar-refractivity contribution in [2.24, 2.45) is 0 Å². The van der Waals surface area contributed by atoms with Crippen molar-refractivity contribution in [3.05, 3.63) is 22.4 Å². The minimum Gasteiger partial charge on any atom is -0.468 e. The first kappa shape index (κ1) is 13.3. The van der Waals surface area contributed by atoms with E-state index in [1.165, 1.54) is 18.4 Å². The molecule has 0 fully saturated rings. The molecule has 0 saturated heterocycles. The highest BCUT2D eigenvalue weighted by molar-refractivity contribution is 7.27. The van der Waals surface area contributed by atoms with Crippen LogP contribution in [0.1, 0.15) is 9.67 Å². The molecule has 2 heterocycles. The Balaban J connectivity index is 1.96. The standard InChI is InChI=1S/C11H10ClNO3S2/c1-16-11(15)6(12)5-13-10(14)9-4-8-7(18-9)2-3-17-8/h2-4,6H,5H2,1H3,(H,13,14). The summed E-state index contributed by atoms with van der Waals surface area (Å²) in [5.74, 6) is -0.776. The van der Waals surface area contributed by atoms with Gasteiger partial charge in [0.1, 0.15) is 5.38 Å². The summed E-state index contributed by atoms with van der Waals surface area (Å²) in [6.07, 6.45) is 0. The van der Waals surface area contributed by atoms with E-state index in [4.69, 9.17) is 11.6 Å². The van der Waals surface area contributed by atoms with Crippen LogP contribution in [-0.2, 0) is 9.53 Å². The SMILES string of the molecule is COC(=O)C(Cl)CNC(=O)c1cc2sccc2s1. The first-order valence-electron chi connectivity index (χ1n) is 5.09. The lowest BCUT2D eigenvalue weighted by molar-refractivity contribution is -0.140. The molecule has 0 aliphatic heterocycles. The van der Waals surface area contributed by atoms with Gasteiger partial charge in [0.2, 0.25) is 0 Å². The third-order valence-electron chi connectivity index (χ3n) is 2.26. The van der Waals surface area contributed by atoms with Crippen LogP contribution in [0.3, 0.4) is 0 Å². The maximum Gasteiger partial charge on any atom is 0.325 e. The largest absolute Gasteiger partial charge is 0.468 e. The normalized spacial score (nSPS) is 12.3. The van der Waals surface area contributed by atoms with Crippen LogP contribution >= 0.6 is 34.3 Å². The van der Waals surface area contributed by atoms with E-state index in [0.717, 1.165) is 9.40 Å². The van der Waals surface area contributed by atoms with Crippen LogP contribution in [0.25, 0.3) is 9.40 Å². The number of halogens is 1. The summed E-state index contributed by atoms with van der Waals surface area (Å²) in [5, 5.41) is 3.73. The zero-order chi connectivity index (χ0) is 13.1.